The predicted molar refractivity (Wildman–Crippen MR) is 98.4 cm³/mol. The lowest BCUT2D eigenvalue weighted by atomic mass is 9.93. The standard InChI is InChI=1S/C19H24N2O7/c1-5-19(6-2)17(24)21(18(25)20-19)10-16(23)28-11-14(22)13-9-12(26-3)7-8-15(13)27-4/h7-9H,5-6,10-11H2,1-4H3,(H,20,25). The summed E-state index contributed by atoms with van der Waals surface area (Å²) in [6, 6.07) is 4.03. The zero-order chi connectivity index (χ0) is 20.9. The number of hydrogen-bond donors (Lipinski definition) is 1. The third-order valence-corrected chi connectivity index (χ3v) is 4.81. The van der Waals surface area contributed by atoms with Gasteiger partial charge >= 0.3 is 12.0 Å². The summed E-state index contributed by atoms with van der Waals surface area (Å²) in [5, 5.41) is 2.62. The van der Waals surface area contributed by atoms with E-state index in [1.54, 1.807) is 26.0 Å². The fourth-order valence-electron chi connectivity index (χ4n) is 2.98. The number of nitrogens with zero attached hydrogens (tertiary/aromatic N) is 1. The zero-order valence-electron chi connectivity index (χ0n) is 16.4. The summed E-state index contributed by atoms with van der Waals surface area (Å²) in [5.74, 6) is -1.07. The van der Waals surface area contributed by atoms with Crippen molar-refractivity contribution < 1.29 is 33.4 Å². The average Bonchev–Trinajstić information content (AvgIpc) is 2.95. The van der Waals surface area contributed by atoms with E-state index in [-0.39, 0.29) is 5.56 Å². The van der Waals surface area contributed by atoms with E-state index < -0.39 is 42.4 Å². The number of ketones is 1. The largest absolute Gasteiger partial charge is 0.497 e. The van der Waals surface area contributed by atoms with E-state index >= 15 is 0 Å². The molecule has 1 aromatic rings. The number of Topliss-reactive ketones (excluding diaryl/α,β-unsaturated/α-hetero) is 1. The number of ether oxygens (including phenoxy) is 3. The molecule has 2 rings (SSSR count). The number of urea groups is 1. The third-order valence-electron chi connectivity index (χ3n) is 4.81. The van der Waals surface area contributed by atoms with Gasteiger partial charge in [0.25, 0.3) is 5.91 Å². The maximum Gasteiger partial charge on any atom is 0.326 e. The molecule has 9 heteroatoms. The number of amides is 3. The lowest BCUT2D eigenvalue weighted by molar-refractivity contribution is -0.146. The Morgan fingerprint density at radius 3 is 2.32 bits per heavy atom. The van der Waals surface area contributed by atoms with Crippen LogP contribution in [0.3, 0.4) is 0 Å². The van der Waals surface area contributed by atoms with Gasteiger partial charge in [-0.3, -0.25) is 19.3 Å². The van der Waals surface area contributed by atoms with Crippen LogP contribution < -0.4 is 14.8 Å². The molecule has 0 radical (unpaired) electrons. The van der Waals surface area contributed by atoms with E-state index in [2.05, 4.69) is 5.32 Å². The average molecular weight is 392 g/mol. The summed E-state index contributed by atoms with van der Waals surface area (Å²) in [6.45, 7) is 2.45. The van der Waals surface area contributed by atoms with Crippen molar-refractivity contribution in [1.29, 1.82) is 0 Å². The number of nitrogens with one attached hydrogen (secondary N) is 1. The van der Waals surface area contributed by atoms with Crippen molar-refractivity contribution in [1.82, 2.24) is 10.2 Å². The Bertz CT molecular complexity index is 786. The van der Waals surface area contributed by atoms with Crippen molar-refractivity contribution in [2.45, 2.75) is 32.2 Å². The Hall–Kier alpha value is -3.10. The Labute approximate surface area is 162 Å². The highest BCUT2D eigenvalue weighted by Gasteiger charge is 2.49. The lowest BCUT2D eigenvalue weighted by Gasteiger charge is -2.22. The number of benzene rings is 1. The Morgan fingerprint density at radius 2 is 1.79 bits per heavy atom. The minimum atomic E-state index is -0.999. The van der Waals surface area contributed by atoms with Crippen LogP contribution in [0.4, 0.5) is 4.79 Å². The fraction of sp³-hybridized carbons (Fsp3) is 0.474. The normalized spacial score (nSPS) is 15.2. The number of methoxy groups -OCH3 is 2. The maximum absolute atomic E-state index is 12.5. The van der Waals surface area contributed by atoms with E-state index in [1.807, 2.05) is 0 Å². The molecule has 1 aliphatic heterocycles. The number of rotatable bonds is 9. The van der Waals surface area contributed by atoms with Gasteiger partial charge in [-0.15, -0.1) is 0 Å². The van der Waals surface area contributed by atoms with Crippen molar-refractivity contribution >= 4 is 23.7 Å². The van der Waals surface area contributed by atoms with E-state index in [4.69, 9.17) is 14.2 Å². The second-order valence-electron chi connectivity index (χ2n) is 6.26. The second kappa shape index (κ2) is 8.73. The smallest absolute Gasteiger partial charge is 0.326 e. The maximum atomic E-state index is 12.5. The van der Waals surface area contributed by atoms with Crippen molar-refractivity contribution in [3.05, 3.63) is 23.8 Å². The Balaban J connectivity index is 2.00. The quantitative estimate of drug-likeness (QED) is 0.385. The summed E-state index contributed by atoms with van der Waals surface area (Å²) in [7, 11) is 2.87. The van der Waals surface area contributed by atoms with Crippen LogP contribution in [0.25, 0.3) is 0 Å². The van der Waals surface area contributed by atoms with Crippen LogP contribution in [0.1, 0.15) is 37.0 Å². The highest BCUT2D eigenvalue weighted by molar-refractivity contribution is 6.08. The van der Waals surface area contributed by atoms with E-state index in [9.17, 15) is 19.2 Å². The molecular weight excluding hydrogens is 368 g/mol. The number of carbonyl (C=O) groups excluding carboxylic acids is 4. The van der Waals surface area contributed by atoms with E-state index in [0.29, 0.717) is 24.3 Å². The van der Waals surface area contributed by atoms with Gasteiger partial charge in [0, 0.05) is 0 Å². The number of esters is 1. The van der Waals surface area contributed by atoms with Gasteiger partial charge in [-0.25, -0.2) is 4.79 Å². The van der Waals surface area contributed by atoms with Crippen LogP contribution in [-0.2, 0) is 14.3 Å². The SMILES string of the molecule is CCC1(CC)NC(=O)N(CC(=O)OCC(=O)c2cc(OC)ccc2OC)C1=O. The van der Waals surface area contributed by atoms with Crippen LogP contribution in [0.2, 0.25) is 0 Å². The van der Waals surface area contributed by atoms with Gasteiger partial charge in [-0.05, 0) is 31.0 Å². The molecule has 0 saturated carbocycles. The third kappa shape index (κ3) is 4.08. The summed E-state index contributed by atoms with van der Waals surface area (Å²) in [5.41, 5.74) is -0.804. The second-order valence-corrected chi connectivity index (χ2v) is 6.26. The lowest BCUT2D eigenvalue weighted by Crippen LogP contribution is -2.46. The first-order valence-electron chi connectivity index (χ1n) is 8.86. The Morgan fingerprint density at radius 1 is 1.11 bits per heavy atom. The minimum Gasteiger partial charge on any atom is -0.497 e. The molecule has 1 aromatic carbocycles. The number of carbonyl (C=O) groups is 4. The fourth-order valence-corrected chi connectivity index (χ4v) is 2.98. The first-order valence-corrected chi connectivity index (χ1v) is 8.86. The molecule has 0 aliphatic carbocycles. The van der Waals surface area contributed by atoms with Crippen LogP contribution >= 0.6 is 0 Å². The summed E-state index contributed by atoms with van der Waals surface area (Å²) < 4.78 is 15.2. The van der Waals surface area contributed by atoms with Crippen LogP contribution in [0, 0.1) is 0 Å². The summed E-state index contributed by atoms with van der Waals surface area (Å²) in [4.78, 5) is 49.8. The van der Waals surface area contributed by atoms with Crippen molar-refractivity contribution in [2.75, 3.05) is 27.4 Å². The molecule has 0 atom stereocenters. The molecular formula is C19H24N2O7. The summed E-state index contributed by atoms with van der Waals surface area (Å²) >= 11 is 0. The van der Waals surface area contributed by atoms with Gasteiger partial charge in [0.05, 0.1) is 19.8 Å². The first kappa shape index (κ1) is 21.2. The van der Waals surface area contributed by atoms with Gasteiger partial charge < -0.3 is 19.5 Å². The Kier molecular flexibility index (Phi) is 6.61. The summed E-state index contributed by atoms with van der Waals surface area (Å²) in [6.07, 6.45) is 0.821. The first-order chi connectivity index (χ1) is 13.3. The molecule has 0 unspecified atom stereocenters. The molecule has 1 saturated heterocycles. The van der Waals surface area contributed by atoms with Crippen molar-refractivity contribution in [2.24, 2.45) is 0 Å². The minimum absolute atomic E-state index is 0.195. The van der Waals surface area contributed by atoms with Crippen LogP contribution in [-0.4, -0.2) is 61.5 Å². The van der Waals surface area contributed by atoms with Gasteiger partial charge in [0.2, 0.25) is 5.78 Å². The van der Waals surface area contributed by atoms with Gasteiger partial charge in [-0.1, -0.05) is 13.8 Å². The molecule has 152 valence electrons. The van der Waals surface area contributed by atoms with Crippen LogP contribution in [0.5, 0.6) is 11.5 Å². The molecule has 1 N–H and O–H groups in total. The van der Waals surface area contributed by atoms with E-state index in [0.717, 1.165) is 4.90 Å². The molecule has 0 bridgehead atoms. The molecule has 28 heavy (non-hydrogen) atoms. The van der Waals surface area contributed by atoms with Gasteiger partial charge in [0.15, 0.2) is 6.61 Å². The molecule has 9 nitrogen and oxygen atoms in total. The molecule has 1 aliphatic rings. The van der Waals surface area contributed by atoms with Crippen LogP contribution in [0.15, 0.2) is 18.2 Å². The number of hydrogen-bond acceptors (Lipinski definition) is 7. The monoisotopic (exact) mass is 392 g/mol. The molecule has 1 heterocycles. The van der Waals surface area contributed by atoms with Gasteiger partial charge in [0.1, 0.15) is 23.6 Å². The molecule has 0 spiro atoms. The molecule has 0 aromatic heterocycles. The highest BCUT2D eigenvalue weighted by atomic mass is 16.5. The van der Waals surface area contributed by atoms with Crippen molar-refractivity contribution in [3.8, 4) is 11.5 Å². The van der Waals surface area contributed by atoms with E-state index in [1.165, 1.54) is 20.3 Å². The molecule has 3 amide bonds. The predicted octanol–water partition coefficient (Wildman–Crippen LogP) is 1.54. The van der Waals surface area contributed by atoms with Crippen molar-refractivity contribution in [3.63, 3.8) is 0 Å². The topological polar surface area (TPSA) is 111 Å². The number of imide groups is 1. The van der Waals surface area contributed by atoms with Gasteiger partial charge in [-0.2, -0.15) is 0 Å². The highest BCUT2D eigenvalue weighted by Crippen LogP contribution is 2.26. The zero-order valence-corrected chi connectivity index (χ0v) is 16.4. The molecule has 1 fully saturated rings.